The van der Waals surface area contributed by atoms with Gasteiger partial charge in [0.05, 0.1) is 10.0 Å². The lowest BCUT2D eigenvalue weighted by molar-refractivity contribution is -0.122. The van der Waals surface area contributed by atoms with Gasteiger partial charge in [0.15, 0.2) is 0 Å². The number of sulfonamides is 1. The Hall–Kier alpha value is -2.91. The minimum absolute atomic E-state index is 0.0893. The van der Waals surface area contributed by atoms with Crippen LogP contribution in [0.4, 0.5) is 4.39 Å². The fraction of sp³-hybridized carbons (Fsp3) is 0.160. The Kier molecular flexibility index (Phi) is 7.76. The zero-order chi connectivity index (χ0) is 25.0. The number of carbonyl (C=O) groups excluding carboxylic acids is 1. The highest BCUT2D eigenvalue weighted by Gasteiger charge is 2.28. The first-order valence-corrected chi connectivity index (χ1v) is 13.0. The van der Waals surface area contributed by atoms with E-state index in [0.29, 0.717) is 6.42 Å². The number of halogens is 3. The van der Waals surface area contributed by atoms with E-state index in [4.69, 9.17) is 23.2 Å². The maximum atomic E-state index is 13.2. The Morgan fingerprint density at radius 2 is 1.74 bits per heavy atom. The molecule has 0 bridgehead atoms. The number of aromatic nitrogens is 1. The molecular formula is C25H22Cl2FN3O3S. The van der Waals surface area contributed by atoms with Crippen molar-refractivity contribution in [2.75, 3.05) is 6.54 Å². The van der Waals surface area contributed by atoms with Crippen LogP contribution in [-0.4, -0.2) is 31.9 Å². The van der Waals surface area contributed by atoms with Gasteiger partial charge >= 0.3 is 0 Å². The molecule has 182 valence electrons. The van der Waals surface area contributed by atoms with E-state index in [2.05, 4.69) is 15.0 Å². The maximum Gasteiger partial charge on any atom is 0.242 e. The summed E-state index contributed by atoms with van der Waals surface area (Å²) in [5.41, 5.74) is 2.49. The molecule has 1 heterocycles. The summed E-state index contributed by atoms with van der Waals surface area (Å²) in [5.74, 6) is -0.843. The normalized spacial score (nSPS) is 12.5. The Morgan fingerprint density at radius 1 is 1.00 bits per heavy atom. The summed E-state index contributed by atoms with van der Waals surface area (Å²) >= 11 is 12.1. The molecule has 1 unspecified atom stereocenters. The van der Waals surface area contributed by atoms with E-state index in [1.54, 1.807) is 18.3 Å². The van der Waals surface area contributed by atoms with Crippen LogP contribution in [0.2, 0.25) is 10.0 Å². The standard InChI is InChI=1S/C25H22Cl2FN3O3S/c26-20-5-3-7-23(24(20)27)35(33,34)31-22(14-17-15-30-21-6-2-1-4-19(17)21)25(32)29-13-12-16-8-10-18(28)11-9-16/h1-11,15,22,30-31H,12-14H2,(H,29,32). The van der Waals surface area contributed by atoms with Gasteiger partial charge in [-0.2, -0.15) is 4.72 Å². The molecule has 10 heteroatoms. The number of hydrogen-bond donors (Lipinski definition) is 3. The van der Waals surface area contributed by atoms with E-state index in [1.165, 1.54) is 30.3 Å². The maximum absolute atomic E-state index is 13.2. The second kappa shape index (κ2) is 10.8. The molecule has 0 spiro atoms. The molecule has 1 aromatic heterocycles. The van der Waals surface area contributed by atoms with Crippen molar-refractivity contribution in [2.45, 2.75) is 23.8 Å². The van der Waals surface area contributed by atoms with E-state index in [-0.39, 0.29) is 33.7 Å². The number of para-hydroxylation sites is 1. The topological polar surface area (TPSA) is 91.1 Å². The molecule has 4 rings (SSSR count). The number of hydrogen-bond acceptors (Lipinski definition) is 3. The summed E-state index contributed by atoms with van der Waals surface area (Å²) in [5, 5.41) is 3.63. The van der Waals surface area contributed by atoms with Crippen molar-refractivity contribution in [1.82, 2.24) is 15.0 Å². The molecule has 0 saturated heterocycles. The number of amides is 1. The van der Waals surface area contributed by atoms with Crippen molar-refractivity contribution in [3.8, 4) is 0 Å². The number of fused-ring (bicyclic) bond motifs is 1. The van der Waals surface area contributed by atoms with Crippen LogP contribution in [-0.2, 0) is 27.7 Å². The Bertz CT molecular complexity index is 1460. The second-order valence-corrected chi connectivity index (χ2v) is 10.4. The number of nitrogens with one attached hydrogen (secondary N) is 3. The van der Waals surface area contributed by atoms with Gasteiger partial charge in [-0.25, -0.2) is 12.8 Å². The average molecular weight is 534 g/mol. The van der Waals surface area contributed by atoms with Crippen LogP contribution >= 0.6 is 23.2 Å². The zero-order valence-corrected chi connectivity index (χ0v) is 20.7. The predicted octanol–water partition coefficient (Wildman–Crippen LogP) is 4.86. The van der Waals surface area contributed by atoms with Crippen LogP contribution < -0.4 is 10.0 Å². The molecular weight excluding hydrogens is 512 g/mol. The third-order valence-corrected chi connectivity index (χ3v) is 7.99. The molecule has 35 heavy (non-hydrogen) atoms. The molecule has 0 aliphatic heterocycles. The van der Waals surface area contributed by atoms with E-state index in [1.807, 2.05) is 24.3 Å². The summed E-state index contributed by atoms with van der Waals surface area (Å²) in [4.78, 5) is 16.1. The Morgan fingerprint density at radius 3 is 2.51 bits per heavy atom. The minimum Gasteiger partial charge on any atom is -0.361 e. The fourth-order valence-corrected chi connectivity index (χ4v) is 5.71. The van der Waals surface area contributed by atoms with Gasteiger partial charge in [0.1, 0.15) is 16.8 Å². The molecule has 0 radical (unpaired) electrons. The molecule has 0 aliphatic rings. The molecule has 4 aromatic rings. The van der Waals surface area contributed by atoms with Crippen molar-refractivity contribution < 1.29 is 17.6 Å². The highest BCUT2D eigenvalue weighted by atomic mass is 35.5. The summed E-state index contributed by atoms with van der Waals surface area (Å²) in [6, 6.07) is 16.7. The molecule has 3 aromatic carbocycles. The highest BCUT2D eigenvalue weighted by molar-refractivity contribution is 7.89. The summed E-state index contributed by atoms with van der Waals surface area (Å²) in [6.07, 6.45) is 2.31. The first-order chi connectivity index (χ1) is 16.7. The zero-order valence-electron chi connectivity index (χ0n) is 18.4. The lowest BCUT2D eigenvalue weighted by Gasteiger charge is -2.19. The molecule has 6 nitrogen and oxygen atoms in total. The fourth-order valence-electron chi connectivity index (χ4n) is 3.75. The molecule has 0 saturated carbocycles. The number of carbonyl (C=O) groups is 1. The third-order valence-electron chi connectivity index (χ3n) is 5.54. The molecule has 0 fully saturated rings. The quantitative estimate of drug-likeness (QED) is 0.287. The molecule has 1 atom stereocenters. The number of benzene rings is 3. The monoisotopic (exact) mass is 533 g/mol. The lowest BCUT2D eigenvalue weighted by atomic mass is 10.0. The largest absolute Gasteiger partial charge is 0.361 e. The van der Waals surface area contributed by atoms with E-state index in [0.717, 1.165) is 22.0 Å². The average Bonchev–Trinajstić information content (AvgIpc) is 3.24. The van der Waals surface area contributed by atoms with Gasteiger partial charge in [-0.3, -0.25) is 4.79 Å². The Labute approximate surface area is 212 Å². The van der Waals surface area contributed by atoms with Crippen LogP contribution in [0.1, 0.15) is 11.1 Å². The van der Waals surface area contributed by atoms with Crippen LogP contribution in [0.15, 0.2) is 77.8 Å². The van der Waals surface area contributed by atoms with Gasteiger partial charge in [0, 0.05) is 23.6 Å². The van der Waals surface area contributed by atoms with Crippen LogP contribution in [0.3, 0.4) is 0 Å². The van der Waals surface area contributed by atoms with Crippen molar-refractivity contribution in [1.29, 1.82) is 0 Å². The number of rotatable bonds is 9. The van der Waals surface area contributed by atoms with E-state index >= 15 is 0 Å². The number of H-pyrrole nitrogens is 1. The van der Waals surface area contributed by atoms with Crippen molar-refractivity contribution >= 4 is 50.0 Å². The molecule has 0 aliphatic carbocycles. The van der Waals surface area contributed by atoms with Crippen molar-refractivity contribution in [2.24, 2.45) is 0 Å². The molecule has 1 amide bonds. The van der Waals surface area contributed by atoms with Crippen LogP contribution in [0.5, 0.6) is 0 Å². The van der Waals surface area contributed by atoms with Gasteiger partial charge < -0.3 is 10.3 Å². The highest BCUT2D eigenvalue weighted by Crippen LogP contribution is 2.29. The van der Waals surface area contributed by atoms with Crippen molar-refractivity contribution in [3.05, 3.63) is 99.9 Å². The number of aromatic amines is 1. The SMILES string of the molecule is O=C(NCCc1ccc(F)cc1)C(Cc1c[nH]c2ccccc12)NS(=O)(=O)c1cccc(Cl)c1Cl. The first-order valence-electron chi connectivity index (χ1n) is 10.8. The summed E-state index contributed by atoms with van der Waals surface area (Å²) in [6.45, 7) is 0.245. The summed E-state index contributed by atoms with van der Waals surface area (Å²) < 4.78 is 41.9. The summed E-state index contributed by atoms with van der Waals surface area (Å²) in [7, 11) is -4.18. The Balaban J connectivity index is 1.56. The smallest absolute Gasteiger partial charge is 0.242 e. The van der Waals surface area contributed by atoms with Gasteiger partial charge in [0.2, 0.25) is 15.9 Å². The minimum atomic E-state index is -4.18. The van der Waals surface area contributed by atoms with Crippen LogP contribution in [0.25, 0.3) is 10.9 Å². The third kappa shape index (κ3) is 6.02. The van der Waals surface area contributed by atoms with Crippen LogP contribution in [0, 0.1) is 5.82 Å². The first kappa shape index (κ1) is 25.2. The lowest BCUT2D eigenvalue weighted by Crippen LogP contribution is -2.48. The van der Waals surface area contributed by atoms with Gasteiger partial charge in [-0.1, -0.05) is 59.6 Å². The predicted molar refractivity (Wildman–Crippen MR) is 136 cm³/mol. The second-order valence-electron chi connectivity index (χ2n) is 7.96. The van der Waals surface area contributed by atoms with Crippen molar-refractivity contribution in [3.63, 3.8) is 0 Å². The molecule has 3 N–H and O–H groups in total. The van der Waals surface area contributed by atoms with E-state index in [9.17, 15) is 17.6 Å². The van der Waals surface area contributed by atoms with Gasteiger partial charge in [0.25, 0.3) is 0 Å². The van der Waals surface area contributed by atoms with Gasteiger partial charge in [-0.05, 0) is 54.3 Å². The van der Waals surface area contributed by atoms with E-state index < -0.39 is 22.0 Å². The van der Waals surface area contributed by atoms with Gasteiger partial charge in [-0.15, -0.1) is 0 Å².